The highest BCUT2D eigenvalue weighted by Gasteiger charge is 2.14. The minimum absolute atomic E-state index is 0.0655. The zero-order valence-corrected chi connectivity index (χ0v) is 12.3. The summed E-state index contributed by atoms with van der Waals surface area (Å²) in [5.74, 6) is 0. The molecule has 0 N–H and O–H groups in total. The maximum atomic E-state index is 10.8. The number of aryl methyl sites for hydroxylation is 1. The van der Waals surface area contributed by atoms with Crippen LogP contribution in [0.5, 0.6) is 0 Å². The van der Waals surface area contributed by atoms with Crippen LogP contribution < -0.4 is 0 Å². The molecule has 0 aliphatic carbocycles. The predicted octanol–water partition coefficient (Wildman–Crippen LogP) is 3.77. The van der Waals surface area contributed by atoms with E-state index in [0.29, 0.717) is 0 Å². The van der Waals surface area contributed by atoms with Gasteiger partial charge in [0.25, 0.3) is 5.69 Å². The number of hydrogen-bond donors (Lipinski definition) is 0. The Labute approximate surface area is 131 Å². The standard InChI is InChI=1S/C17H12N4O2/c1-11-17-16(12-6-8-13(9-7-12)21(22)23)19-14-4-2-3-5-15(14)20(17)10-18-11/h2-10H,1H3. The minimum Gasteiger partial charge on any atom is -0.295 e. The van der Waals surface area contributed by atoms with E-state index in [0.717, 1.165) is 33.5 Å². The van der Waals surface area contributed by atoms with Gasteiger partial charge in [-0.15, -0.1) is 0 Å². The van der Waals surface area contributed by atoms with Crippen molar-refractivity contribution in [1.29, 1.82) is 0 Å². The number of imidazole rings is 1. The fraction of sp³-hybridized carbons (Fsp3) is 0.0588. The van der Waals surface area contributed by atoms with Gasteiger partial charge in [0.2, 0.25) is 0 Å². The number of nitro benzene ring substituents is 1. The third-order valence-corrected chi connectivity index (χ3v) is 3.90. The van der Waals surface area contributed by atoms with Crippen molar-refractivity contribution in [3.8, 4) is 11.3 Å². The Hall–Kier alpha value is -3.28. The van der Waals surface area contributed by atoms with Crippen LogP contribution in [-0.2, 0) is 0 Å². The molecule has 0 unspecified atom stereocenters. The zero-order valence-electron chi connectivity index (χ0n) is 12.3. The van der Waals surface area contributed by atoms with Gasteiger partial charge in [0, 0.05) is 17.7 Å². The normalized spacial score (nSPS) is 11.2. The summed E-state index contributed by atoms with van der Waals surface area (Å²) < 4.78 is 2.01. The Morgan fingerprint density at radius 3 is 2.57 bits per heavy atom. The van der Waals surface area contributed by atoms with Gasteiger partial charge in [-0.05, 0) is 31.2 Å². The van der Waals surface area contributed by atoms with E-state index in [1.54, 1.807) is 18.5 Å². The molecule has 0 aliphatic rings. The van der Waals surface area contributed by atoms with Gasteiger partial charge in [0.1, 0.15) is 6.33 Å². The van der Waals surface area contributed by atoms with Crippen molar-refractivity contribution in [2.24, 2.45) is 0 Å². The van der Waals surface area contributed by atoms with Crippen LogP contribution in [0.4, 0.5) is 5.69 Å². The minimum atomic E-state index is -0.405. The monoisotopic (exact) mass is 304 g/mol. The first kappa shape index (κ1) is 13.4. The lowest BCUT2D eigenvalue weighted by Gasteiger charge is -2.08. The van der Waals surface area contributed by atoms with Gasteiger partial charge in [-0.1, -0.05) is 12.1 Å². The molecule has 4 aromatic rings. The molecule has 6 nitrogen and oxygen atoms in total. The smallest absolute Gasteiger partial charge is 0.269 e. The number of para-hydroxylation sites is 2. The summed E-state index contributed by atoms with van der Waals surface area (Å²) in [6.45, 7) is 1.93. The molecule has 2 aromatic heterocycles. The molecule has 4 rings (SSSR count). The van der Waals surface area contributed by atoms with Crippen LogP contribution in [-0.4, -0.2) is 19.3 Å². The fourth-order valence-electron chi connectivity index (χ4n) is 2.78. The van der Waals surface area contributed by atoms with E-state index < -0.39 is 4.92 Å². The lowest BCUT2D eigenvalue weighted by molar-refractivity contribution is -0.384. The van der Waals surface area contributed by atoms with Crippen LogP contribution in [0.25, 0.3) is 27.8 Å². The van der Waals surface area contributed by atoms with Crippen LogP contribution in [0.3, 0.4) is 0 Å². The number of nitro groups is 1. The third-order valence-electron chi connectivity index (χ3n) is 3.90. The molecule has 2 aromatic carbocycles. The maximum Gasteiger partial charge on any atom is 0.269 e. The number of benzene rings is 2. The molecule has 0 spiro atoms. The molecule has 112 valence electrons. The van der Waals surface area contributed by atoms with Crippen molar-refractivity contribution >= 4 is 22.2 Å². The second kappa shape index (κ2) is 4.88. The van der Waals surface area contributed by atoms with E-state index in [2.05, 4.69) is 4.98 Å². The summed E-state index contributed by atoms with van der Waals surface area (Å²) in [6, 6.07) is 14.3. The summed E-state index contributed by atoms with van der Waals surface area (Å²) in [5.41, 5.74) is 5.29. The van der Waals surface area contributed by atoms with Gasteiger partial charge >= 0.3 is 0 Å². The van der Waals surface area contributed by atoms with Crippen LogP contribution in [0, 0.1) is 17.0 Å². The number of fused-ring (bicyclic) bond motifs is 3. The molecule has 23 heavy (non-hydrogen) atoms. The van der Waals surface area contributed by atoms with Gasteiger partial charge in [0.05, 0.1) is 32.9 Å². The van der Waals surface area contributed by atoms with E-state index in [1.807, 2.05) is 35.6 Å². The van der Waals surface area contributed by atoms with Gasteiger partial charge in [-0.2, -0.15) is 0 Å². The predicted molar refractivity (Wildman–Crippen MR) is 87.3 cm³/mol. The summed E-state index contributed by atoms with van der Waals surface area (Å²) in [6.07, 6.45) is 1.78. The van der Waals surface area contributed by atoms with E-state index in [1.165, 1.54) is 12.1 Å². The van der Waals surface area contributed by atoms with Gasteiger partial charge in [-0.3, -0.25) is 14.5 Å². The van der Waals surface area contributed by atoms with E-state index >= 15 is 0 Å². The SMILES string of the molecule is Cc1ncn2c1c(-c1ccc([N+](=O)[O-])cc1)nc1ccccc12. The molecule has 0 saturated carbocycles. The topological polar surface area (TPSA) is 73.3 Å². The largest absolute Gasteiger partial charge is 0.295 e. The average molecular weight is 304 g/mol. The zero-order chi connectivity index (χ0) is 16.0. The number of nitrogens with zero attached hydrogens (tertiary/aromatic N) is 4. The molecule has 0 amide bonds. The van der Waals surface area contributed by atoms with Crippen molar-refractivity contribution in [2.75, 3.05) is 0 Å². The van der Waals surface area contributed by atoms with Gasteiger partial charge in [-0.25, -0.2) is 9.97 Å². The number of rotatable bonds is 2. The Morgan fingerprint density at radius 1 is 1.09 bits per heavy atom. The lowest BCUT2D eigenvalue weighted by Crippen LogP contribution is -1.95. The Morgan fingerprint density at radius 2 is 1.83 bits per heavy atom. The molecule has 6 heteroatoms. The molecule has 0 bridgehead atoms. The van der Waals surface area contributed by atoms with Crippen molar-refractivity contribution in [3.63, 3.8) is 0 Å². The molecular weight excluding hydrogens is 292 g/mol. The maximum absolute atomic E-state index is 10.8. The lowest BCUT2D eigenvalue weighted by atomic mass is 10.1. The van der Waals surface area contributed by atoms with E-state index in [4.69, 9.17) is 4.98 Å². The molecule has 0 fully saturated rings. The Kier molecular flexibility index (Phi) is 2.84. The summed E-state index contributed by atoms with van der Waals surface area (Å²) in [5, 5.41) is 10.8. The van der Waals surface area contributed by atoms with Gasteiger partial charge < -0.3 is 0 Å². The van der Waals surface area contributed by atoms with Crippen molar-refractivity contribution in [1.82, 2.24) is 14.4 Å². The van der Waals surface area contributed by atoms with E-state index in [-0.39, 0.29) is 5.69 Å². The summed E-state index contributed by atoms with van der Waals surface area (Å²) in [7, 11) is 0. The number of hydrogen-bond acceptors (Lipinski definition) is 4. The van der Waals surface area contributed by atoms with Crippen LogP contribution in [0.15, 0.2) is 54.9 Å². The number of non-ortho nitro benzene ring substituents is 1. The van der Waals surface area contributed by atoms with Crippen molar-refractivity contribution in [2.45, 2.75) is 6.92 Å². The molecular formula is C17H12N4O2. The first-order valence-electron chi connectivity index (χ1n) is 7.12. The molecule has 2 heterocycles. The molecule has 0 atom stereocenters. The second-order valence-electron chi connectivity index (χ2n) is 5.30. The molecule has 0 radical (unpaired) electrons. The Bertz CT molecular complexity index is 1050. The van der Waals surface area contributed by atoms with Crippen LogP contribution in [0.1, 0.15) is 5.69 Å². The molecule has 0 saturated heterocycles. The van der Waals surface area contributed by atoms with Crippen molar-refractivity contribution in [3.05, 3.63) is 70.7 Å². The number of aromatic nitrogens is 3. The fourth-order valence-corrected chi connectivity index (χ4v) is 2.78. The Balaban J connectivity index is 2.04. The highest BCUT2D eigenvalue weighted by Crippen LogP contribution is 2.29. The third kappa shape index (κ3) is 2.03. The summed E-state index contributed by atoms with van der Waals surface area (Å²) in [4.78, 5) is 19.6. The molecule has 0 aliphatic heterocycles. The second-order valence-corrected chi connectivity index (χ2v) is 5.30. The first-order chi connectivity index (χ1) is 11.1. The quantitative estimate of drug-likeness (QED) is 0.417. The first-order valence-corrected chi connectivity index (χ1v) is 7.12. The van der Waals surface area contributed by atoms with Crippen LogP contribution >= 0.6 is 0 Å². The summed E-state index contributed by atoms with van der Waals surface area (Å²) >= 11 is 0. The van der Waals surface area contributed by atoms with Crippen LogP contribution in [0.2, 0.25) is 0 Å². The van der Waals surface area contributed by atoms with Crippen molar-refractivity contribution < 1.29 is 4.92 Å². The highest BCUT2D eigenvalue weighted by atomic mass is 16.6. The van der Waals surface area contributed by atoms with Gasteiger partial charge in [0.15, 0.2) is 0 Å². The highest BCUT2D eigenvalue weighted by molar-refractivity contribution is 5.88. The average Bonchev–Trinajstić information content (AvgIpc) is 2.97. The van der Waals surface area contributed by atoms with E-state index in [9.17, 15) is 10.1 Å².